The van der Waals surface area contributed by atoms with Gasteiger partial charge in [0.2, 0.25) is 5.91 Å². The number of phenolic OH excluding ortho intramolecular Hbond substituents is 1. The number of carbonyl (C=O) groups is 2. The zero-order chi connectivity index (χ0) is 17.4. The van der Waals surface area contributed by atoms with Crippen LogP contribution in [0, 0.1) is 0 Å². The van der Waals surface area contributed by atoms with Gasteiger partial charge in [-0.3, -0.25) is 25.8 Å². The Morgan fingerprint density at radius 3 is 2.33 bits per heavy atom. The number of hydrogen-bond acceptors (Lipinski definition) is 4. The molecule has 0 bridgehead atoms. The highest BCUT2D eigenvalue weighted by Gasteiger charge is 2.10. The van der Waals surface area contributed by atoms with Crippen LogP contribution in [0.25, 0.3) is 6.08 Å². The monoisotopic (exact) mass is 341 g/mol. The SMILES string of the molecule is O=C(/C=C/c1ccccc1)NC(=S)NNC(=O)c1ccccc1O. The minimum absolute atomic E-state index is 0.0681. The molecule has 0 aliphatic heterocycles. The van der Waals surface area contributed by atoms with E-state index in [1.54, 1.807) is 18.2 Å². The third-order valence-corrected chi connectivity index (χ3v) is 3.11. The van der Waals surface area contributed by atoms with E-state index in [1.165, 1.54) is 18.2 Å². The van der Waals surface area contributed by atoms with Crippen LogP contribution in [0.2, 0.25) is 0 Å². The number of para-hydroxylation sites is 1. The quantitative estimate of drug-likeness (QED) is 0.388. The highest BCUT2D eigenvalue weighted by molar-refractivity contribution is 7.80. The molecule has 4 N–H and O–H groups in total. The number of rotatable bonds is 3. The summed E-state index contributed by atoms with van der Waals surface area (Å²) in [5.74, 6) is -1.17. The standard InChI is InChI=1S/C17H15N3O3S/c21-14-9-5-4-8-13(14)16(23)19-20-17(24)18-15(22)11-10-12-6-2-1-3-7-12/h1-11,21H,(H,19,23)(H2,18,20,22,24)/b11-10+. The number of hydrogen-bond donors (Lipinski definition) is 4. The molecule has 0 aliphatic rings. The lowest BCUT2D eigenvalue weighted by atomic mass is 10.2. The fourth-order valence-corrected chi connectivity index (χ4v) is 1.92. The largest absolute Gasteiger partial charge is 0.507 e. The van der Waals surface area contributed by atoms with Gasteiger partial charge in [0.1, 0.15) is 5.75 Å². The lowest BCUT2D eigenvalue weighted by Gasteiger charge is -2.10. The Balaban J connectivity index is 1.81. The lowest BCUT2D eigenvalue weighted by Crippen LogP contribution is -2.48. The summed E-state index contributed by atoms with van der Waals surface area (Å²) >= 11 is 4.91. The molecule has 0 spiro atoms. The van der Waals surface area contributed by atoms with Crippen LogP contribution in [0.5, 0.6) is 5.75 Å². The van der Waals surface area contributed by atoms with Gasteiger partial charge in [0.15, 0.2) is 5.11 Å². The van der Waals surface area contributed by atoms with Gasteiger partial charge in [-0.25, -0.2) is 0 Å². The van der Waals surface area contributed by atoms with Crippen LogP contribution in [0.1, 0.15) is 15.9 Å². The third-order valence-electron chi connectivity index (χ3n) is 2.90. The number of hydrazine groups is 1. The molecule has 2 aromatic carbocycles. The maximum atomic E-state index is 11.8. The summed E-state index contributed by atoms with van der Waals surface area (Å²) in [6, 6.07) is 15.4. The molecule has 24 heavy (non-hydrogen) atoms. The molecule has 2 amide bonds. The summed E-state index contributed by atoms with van der Waals surface area (Å²) in [6.45, 7) is 0. The number of carbonyl (C=O) groups excluding carboxylic acids is 2. The fraction of sp³-hybridized carbons (Fsp3) is 0. The van der Waals surface area contributed by atoms with E-state index in [0.717, 1.165) is 5.56 Å². The summed E-state index contributed by atoms with van der Waals surface area (Å²) in [6.07, 6.45) is 2.96. The van der Waals surface area contributed by atoms with E-state index >= 15 is 0 Å². The van der Waals surface area contributed by atoms with E-state index < -0.39 is 11.8 Å². The van der Waals surface area contributed by atoms with Crippen molar-refractivity contribution < 1.29 is 14.7 Å². The van der Waals surface area contributed by atoms with Crippen LogP contribution in [-0.4, -0.2) is 22.0 Å². The number of phenols is 1. The van der Waals surface area contributed by atoms with Gasteiger partial charge in [0.05, 0.1) is 5.56 Å². The number of nitrogens with one attached hydrogen (secondary N) is 3. The molecule has 0 aliphatic carbocycles. The molecule has 122 valence electrons. The van der Waals surface area contributed by atoms with E-state index in [4.69, 9.17) is 12.2 Å². The highest BCUT2D eigenvalue weighted by Crippen LogP contribution is 2.14. The van der Waals surface area contributed by atoms with Gasteiger partial charge in [-0.2, -0.15) is 0 Å². The number of benzene rings is 2. The van der Waals surface area contributed by atoms with Crippen molar-refractivity contribution in [3.63, 3.8) is 0 Å². The minimum atomic E-state index is -0.579. The van der Waals surface area contributed by atoms with Gasteiger partial charge in [-0.1, -0.05) is 42.5 Å². The second-order valence-electron chi connectivity index (χ2n) is 4.66. The highest BCUT2D eigenvalue weighted by atomic mass is 32.1. The predicted octanol–water partition coefficient (Wildman–Crippen LogP) is 1.74. The first-order valence-electron chi connectivity index (χ1n) is 6.98. The maximum Gasteiger partial charge on any atom is 0.273 e. The van der Waals surface area contributed by atoms with Gasteiger partial charge in [0.25, 0.3) is 5.91 Å². The van der Waals surface area contributed by atoms with E-state index in [0.29, 0.717) is 0 Å². The summed E-state index contributed by atoms with van der Waals surface area (Å²) in [4.78, 5) is 23.6. The van der Waals surface area contributed by atoms with E-state index in [9.17, 15) is 14.7 Å². The molecule has 7 heteroatoms. The minimum Gasteiger partial charge on any atom is -0.507 e. The molecule has 0 atom stereocenters. The Hall–Kier alpha value is -3.19. The average molecular weight is 341 g/mol. The summed E-state index contributed by atoms with van der Waals surface area (Å²) in [5, 5.41) is 11.9. The maximum absolute atomic E-state index is 11.8. The molecule has 0 radical (unpaired) electrons. The normalized spacial score (nSPS) is 10.2. The van der Waals surface area contributed by atoms with Crippen molar-refractivity contribution >= 4 is 35.2 Å². The molecule has 0 heterocycles. The fourth-order valence-electron chi connectivity index (χ4n) is 1.77. The van der Waals surface area contributed by atoms with Crippen molar-refractivity contribution in [2.24, 2.45) is 0 Å². The van der Waals surface area contributed by atoms with Crippen LogP contribution in [0.15, 0.2) is 60.7 Å². The van der Waals surface area contributed by atoms with Crippen molar-refractivity contribution in [2.75, 3.05) is 0 Å². The van der Waals surface area contributed by atoms with Crippen molar-refractivity contribution in [3.05, 3.63) is 71.8 Å². The van der Waals surface area contributed by atoms with E-state index in [-0.39, 0.29) is 16.4 Å². The smallest absolute Gasteiger partial charge is 0.273 e. The predicted molar refractivity (Wildman–Crippen MR) is 94.9 cm³/mol. The summed E-state index contributed by atoms with van der Waals surface area (Å²) < 4.78 is 0. The van der Waals surface area contributed by atoms with Crippen molar-refractivity contribution in [1.29, 1.82) is 0 Å². The van der Waals surface area contributed by atoms with Crippen LogP contribution in [0.4, 0.5) is 0 Å². The first-order chi connectivity index (χ1) is 11.6. The second-order valence-corrected chi connectivity index (χ2v) is 5.07. The molecule has 0 saturated carbocycles. The molecular weight excluding hydrogens is 326 g/mol. The van der Waals surface area contributed by atoms with Crippen LogP contribution in [0.3, 0.4) is 0 Å². The number of amides is 2. The summed E-state index contributed by atoms with van der Waals surface area (Å²) in [7, 11) is 0. The van der Waals surface area contributed by atoms with Crippen LogP contribution < -0.4 is 16.2 Å². The molecule has 2 aromatic rings. The molecule has 0 fully saturated rings. The van der Waals surface area contributed by atoms with Crippen molar-refractivity contribution in [3.8, 4) is 5.75 Å². The van der Waals surface area contributed by atoms with Gasteiger partial charge < -0.3 is 5.11 Å². The second kappa shape index (κ2) is 8.44. The van der Waals surface area contributed by atoms with Crippen molar-refractivity contribution in [2.45, 2.75) is 0 Å². The van der Waals surface area contributed by atoms with E-state index in [2.05, 4.69) is 16.2 Å². The first-order valence-corrected chi connectivity index (χ1v) is 7.39. The molecule has 0 saturated heterocycles. The molecular formula is C17H15N3O3S. The zero-order valence-electron chi connectivity index (χ0n) is 12.5. The Kier molecular flexibility index (Phi) is 6.04. The number of aromatic hydroxyl groups is 1. The molecule has 6 nitrogen and oxygen atoms in total. The molecule has 0 unspecified atom stereocenters. The van der Waals surface area contributed by atoms with Gasteiger partial charge >= 0.3 is 0 Å². The Bertz CT molecular complexity index is 776. The van der Waals surface area contributed by atoms with Crippen molar-refractivity contribution in [1.82, 2.24) is 16.2 Å². The topological polar surface area (TPSA) is 90.5 Å². The lowest BCUT2D eigenvalue weighted by molar-refractivity contribution is -0.115. The molecule has 2 rings (SSSR count). The van der Waals surface area contributed by atoms with E-state index in [1.807, 2.05) is 30.3 Å². The van der Waals surface area contributed by atoms with Crippen LogP contribution in [-0.2, 0) is 4.79 Å². The average Bonchev–Trinajstić information content (AvgIpc) is 2.59. The Morgan fingerprint density at radius 1 is 0.958 bits per heavy atom. The first kappa shape index (κ1) is 17.2. The Labute approximate surface area is 144 Å². The molecule has 0 aromatic heterocycles. The number of thiocarbonyl (C=S) groups is 1. The Morgan fingerprint density at radius 2 is 1.62 bits per heavy atom. The van der Waals surface area contributed by atoms with Gasteiger partial charge in [-0.15, -0.1) is 0 Å². The zero-order valence-corrected chi connectivity index (χ0v) is 13.3. The third kappa shape index (κ3) is 5.22. The van der Waals surface area contributed by atoms with Gasteiger partial charge in [0, 0.05) is 6.08 Å². The van der Waals surface area contributed by atoms with Gasteiger partial charge in [-0.05, 0) is 36.0 Å². The summed E-state index contributed by atoms with van der Waals surface area (Å²) in [5.41, 5.74) is 5.64. The van der Waals surface area contributed by atoms with Crippen LogP contribution >= 0.6 is 12.2 Å².